The second-order valence-electron chi connectivity index (χ2n) is 8.88. The van der Waals surface area contributed by atoms with Crippen LogP contribution in [0.25, 0.3) is 0 Å². The van der Waals surface area contributed by atoms with Gasteiger partial charge < -0.3 is 10.1 Å². The van der Waals surface area contributed by atoms with Gasteiger partial charge in [-0.3, -0.25) is 9.69 Å². The third-order valence-corrected chi connectivity index (χ3v) is 8.46. The molecule has 0 bridgehead atoms. The third-order valence-electron chi connectivity index (χ3n) is 6.55. The zero-order valence-electron chi connectivity index (χ0n) is 19.2. The molecule has 1 amide bonds. The second-order valence-corrected chi connectivity index (χ2v) is 10.8. The molecule has 0 spiro atoms. The van der Waals surface area contributed by atoms with Crippen LogP contribution in [0.15, 0.2) is 59.5 Å². The number of nitrogens with zero attached hydrogens (tertiary/aromatic N) is 2. The number of benzene rings is 2. The standard InChI is InChI=1S/C25H33N3O4S/c1-20-7-9-23(10-8-20)33(30,31)28-13-11-22(12-14-28)25(29)26-24(21-5-3-2-4-6-21)19-27-15-17-32-18-16-27/h2-10,22,24H,11-19H2,1H3,(H,26,29)/t24-/m1/s1. The van der Waals surface area contributed by atoms with E-state index in [1.54, 1.807) is 12.1 Å². The fourth-order valence-corrected chi connectivity index (χ4v) is 5.94. The molecule has 33 heavy (non-hydrogen) atoms. The van der Waals surface area contributed by atoms with E-state index in [0.717, 1.165) is 30.8 Å². The maximum atomic E-state index is 13.2. The van der Waals surface area contributed by atoms with Crippen molar-refractivity contribution in [3.05, 3.63) is 65.7 Å². The summed E-state index contributed by atoms with van der Waals surface area (Å²) < 4.78 is 32.9. The second kappa shape index (κ2) is 10.8. The molecule has 0 aromatic heterocycles. The number of hydrogen-bond donors (Lipinski definition) is 1. The van der Waals surface area contributed by atoms with Crippen LogP contribution >= 0.6 is 0 Å². The van der Waals surface area contributed by atoms with Crippen molar-refractivity contribution in [3.63, 3.8) is 0 Å². The zero-order chi connectivity index (χ0) is 23.3. The van der Waals surface area contributed by atoms with Crippen molar-refractivity contribution >= 4 is 15.9 Å². The van der Waals surface area contributed by atoms with Crippen molar-refractivity contribution in [2.75, 3.05) is 45.9 Å². The molecule has 2 aromatic rings. The lowest BCUT2D eigenvalue weighted by Gasteiger charge is -2.34. The topological polar surface area (TPSA) is 79.0 Å². The van der Waals surface area contributed by atoms with Crippen LogP contribution < -0.4 is 5.32 Å². The van der Waals surface area contributed by atoms with Gasteiger partial charge in [0.15, 0.2) is 0 Å². The highest BCUT2D eigenvalue weighted by Crippen LogP contribution is 2.25. The SMILES string of the molecule is Cc1ccc(S(=O)(=O)N2CCC(C(=O)N[C@H](CN3CCOCC3)c3ccccc3)CC2)cc1. The van der Waals surface area contributed by atoms with Gasteiger partial charge in [-0.2, -0.15) is 4.31 Å². The Bertz CT molecular complexity index is 1010. The predicted octanol–water partition coefficient (Wildman–Crippen LogP) is 2.59. The Balaban J connectivity index is 1.38. The van der Waals surface area contributed by atoms with Crippen LogP contribution in [0.4, 0.5) is 0 Å². The number of rotatable bonds is 7. The average molecular weight is 472 g/mol. The molecule has 2 saturated heterocycles. The quantitative estimate of drug-likeness (QED) is 0.672. The van der Waals surface area contributed by atoms with Gasteiger partial charge in [0, 0.05) is 38.6 Å². The van der Waals surface area contributed by atoms with Gasteiger partial charge in [0.2, 0.25) is 15.9 Å². The molecule has 0 radical (unpaired) electrons. The van der Waals surface area contributed by atoms with E-state index >= 15 is 0 Å². The summed E-state index contributed by atoms with van der Waals surface area (Å²) in [4.78, 5) is 15.8. The first-order valence-electron chi connectivity index (χ1n) is 11.7. The van der Waals surface area contributed by atoms with Crippen LogP contribution in [-0.2, 0) is 19.6 Å². The summed E-state index contributed by atoms with van der Waals surface area (Å²) in [6, 6.07) is 16.9. The molecular formula is C25H33N3O4S. The Morgan fingerprint density at radius 2 is 1.64 bits per heavy atom. The number of amides is 1. The van der Waals surface area contributed by atoms with Gasteiger partial charge in [0.25, 0.3) is 0 Å². The van der Waals surface area contributed by atoms with E-state index in [9.17, 15) is 13.2 Å². The number of morpholine rings is 1. The van der Waals surface area contributed by atoms with Gasteiger partial charge in [-0.25, -0.2) is 8.42 Å². The van der Waals surface area contributed by atoms with E-state index in [-0.39, 0.29) is 17.9 Å². The highest BCUT2D eigenvalue weighted by atomic mass is 32.2. The molecule has 1 N–H and O–H groups in total. The van der Waals surface area contributed by atoms with E-state index in [0.29, 0.717) is 44.0 Å². The Morgan fingerprint density at radius 3 is 2.27 bits per heavy atom. The predicted molar refractivity (Wildman–Crippen MR) is 127 cm³/mol. The van der Waals surface area contributed by atoms with Crippen molar-refractivity contribution < 1.29 is 17.9 Å². The van der Waals surface area contributed by atoms with Crippen molar-refractivity contribution in [2.45, 2.75) is 30.7 Å². The summed E-state index contributed by atoms with van der Waals surface area (Å²) >= 11 is 0. The summed E-state index contributed by atoms with van der Waals surface area (Å²) in [5.41, 5.74) is 2.10. The molecule has 7 nitrogen and oxygen atoms in total. The van der Waals surface area contributed by atoms with Crippen LogP contribution in [0, 0.1) is 12.8 Å². The molecule has 178 valence electrons. The highest BCUT2D eigenvalue weighted by Gasteiger charge is 2.33. The molecular weight excluding hydrogens is 438 g/mol. The molecule has 2 aliphatic heterocycles. The first kappa shape index (κ1) is 23.9. The summed E-state index contributed by atoms with van der Waals surface area (Å²) in [7, 11) is -3.53. The summed E-state index contributed by atoms with van der Waals surface area (Å²) in [6.07, 6.45) is 1.05. The van der Waals surface area contributed by atoms with Gasteiger partial charge in [-0.05, 0) is 37.5 Å². The first-order chi connectivity index (χ1) is 15.9. The Morgan fingerprint density at radius 1 is 1.00 bits per heavy atom. The normalized spacial score (nSPS) is 19.8. The number of nitrogens with one attached hydrogen (secondary N) is 1. The smallest absolute Gasteiger partial charge is 0.243 e. The molecule has 2 fully saturated rings. The first-order valence-corrected chi connectivity index (χ1v) is 13.1. The number of piperidine rings is 1. The van der Waals surface area contributed by atoms with Crippen LogP contribution in [0.3, 0.4) is 0 Å². The Hall–Kier alpha value is -2.26. The number of carbonyl (C=O) groups excluding carboxylic acids is 1. The maximum Gasteiger partial charge on any atom is 0.243 e. The molecule has 2 aliphatic rings. The largest absolute Gasteiger partial charge is 0.379 e. The number of carbonyl (C=O) groups is 1. The molecule has 0 unspecified atom stereocenters. The number of hydrogen-bond acceptors (Lipinski definition) is 5. The highest BCUT2D eigenvalue weighted by molar-refractivity contribution is 7.89. The van der Waals surface area contributed by atoms with Crippen LogP contribution in [0.2, 0.25) is 0 Å². The minimum Gasteiger partial charge on any atom is -0.379 e. The maximum absolute atomic E-state index is 13.2. The summed E-state index contributed by atoms with van der Waals surface area (Å²) in [5.74, 6) is -0.185. The molecule has 0 aliphatic carbocycles. The van der Waals surface area contributed by atoms with E-state index < -0.39 is 10.0 Å². The van der Waals surface area contributed by atoms with Gasteiger partial charge in [-0.15, -0.1) is 0 Å². The van der Waals surface area contributed by atoms with Crippen molar-refractivity contribution in [3.8, 4) is 0 Å². The lowest BCUT2D eigenvalue weighted by Crippen LogP contribution is -2.46. The molecule has 8 heteroatoms. The van der Waals surface area contributed by atoms with Crippen molar-refractivity contribution in [1.82, 2.24) is 14.5 Å². The fourth-order valence-electron chi connectivity index (χ4n) is 4.47. The van der Waals surface area contributed by atoms with E-state index in [4.69, 9.17) is 4.74 Å². The van der Waals surface area contributed by atoms with Gasteiger partial charge in [0.05, 0.1) is 24.2 Å². The minimum absolute atomic E-state index is 0.00416. The number of aryl methyl sites for hydroxylation is 1. The lowest BCUT2D eigenvalue weighted by molar-refractivity contribution is -0.127. The van der Waals surface area contributed by atoms with Crippen molar-refractivity contribution in [2.24, 2.45) is 5.92 Å². The zero-order valence-corrected chi connectivity index (χ0v) is 20.0. The molecule has 2 aromatic carbocycles. The summed E-state index contributed by atoms with van der Waals surface area (Å²) in [5, 5.41) is 3.25. The van der Waals surface area contributed by atoms with Crippen LogP contribution in [0.1, 0.15) is 30.0 Å². The minimum atomic E-state index is -3.53. The number of ether oxygens (including phenoxy) is 1. The molecule has 1 atom stereocenters. The van der Waals surface area contributed by atoms with Gasteiger partial charge in [0.1, 0.15) is 0 Å². The average Bonchev–Trinajstić information content (AvgIpc) is 2.85. The third kappa shape index (κ3) is 6.00. The lowest BCUT2D eigenvalue weighted by atomic mass is 9.96. The molecule has 4 rings (SSSR count). The van der Waals surface area contributed by atoms with E-state index in [1.165, 1.54) is 4.31 Å². The molecule has 2 heterocycles. The van der Waals surface area contributed by atoms with Crippen LogP contribution in [-0.4, -0.2) is 69.5 Å². The van der Waals surface area contributed by atoms with Gasteiger partial charge in [-0.1, -0.05) is 48.0 Å². The monoisotopic (exact) mass is 471 g/mol. The Labute approximate surface area is 196 Å². The van der Waals surface area contributed by atoms with E-state index in [2.05, 4.69) is 10.2 Å². The van der Waals surface area contributed by atoms with Crippen LogP contribution in [0.5, 0.6) is 0 Å². The van der Waals surface area contributed by atoms with Gasteiger partial charge >= 0.3 is 0 Å². The fraction of sp³-hybridized carbons (Fsp3) is 0.480. The molecule has 0 saturated carbocycles. The van der Waals surface area contributed by atoms with Crippen molar-refractivity contribution in [1.29, 1.82) is 0 Å². The number of sulfonamides is 1. The Kier molecular flexibility index (Phi) is 7.80. The summed E-state index contributed by atoms with van der Waals surface area (Å²) in [6.45, 7) is 6.51. The van der Waals surface area contributed by atoms with E-state index in [1.807, 2.05) is 49.4 Å².